The van der Waals surface area contributed by atoms with Crippen molar-refractivity contribution in [1.29, 1.82) is 0 Å². The molecule has 2 atom stereocenters. The van der Waals surface area contributed by atoms with Crippen molar-refractivity contribution in [3.05, 3.63) is 23.3 Å². The van der Waals surface area contributed by atoms with Gasteiger partial charge >= 0.3 is 12.1 Å². The first-order chi connectivity index (χ1) is 9.72. The molecule has 2 rings (SSSR count). The standard InChI is InChI=1S/C14H15F3O4/c1-7-3-8-4-12(20-2)9(5-11(8)21-7)10(6-13(18)19)14(15,16)17/h4-5,7,10H,3,6H2,1-2H3,(H,18,19). The van der Waals surface area contributed by atoms with E-state index in [-0.39, 0.29) is 17.4 Å². The lowest BCUT2D eigenvalue weighted by atomic mass is 9.92. The monoisotopic (exact) mass is 304 g/mol. The molecule has 0 saturated heterocycles. The molecule has 0 amide bonds. The Bertz CT molecular complexity index is 554. The third-order valence-corrected chi connectivity index (χ3v) is 3.40. The van der Waals surface area contributed by atoms with Crippen molar-refractivity contribution in [2.45, 2.75) is 38.0 Å². The summed E-state index contributed by atoms with van der Waals surface area (Å²) in [6.45, 7) is 1.81. The molecule has 1 aromatic carbocycles. The van der Waals surface area contributed by atoms with E-state index in [1.807, 2.05) is 6.92 Å². The van der Waals surface area contributed by atoms with Crippen molar-refractivity contribution in [1.82, 2.24) is 0 Å². The highest BCUT2D eigenvalue weighted by Crippen LogP contribution is 2.45. The fraction of sp³-hybridized carbons (Fsp3) is 0.500. The number of rotatable bonds is 4. The molecule has 1 aliphatic heterocycles. The highest BCUT2D eigenvalue weighted by molar-refractivity contribution is 5.69. The van der Waals surface area contributed by atoms with Crippen LogP contribution in [0.1, 0.15) is 30.4 Å². The molecular formula is C14H15F3O4. The summed E-state index contributed by atoms with van der Waals surface area (Å²) in [5.41, 5.74) is 0.555. The molecule has 21 heavy (non-hydrogen) atoms. The minimum atomic E-state index is -4.68. The van der Waals surface area contributed by atoms with E-state index < -0.39 is 24.5 Å². The first kappa shape index (κ1) is 15.5. The smallest absolute Gasteiger partial charge is 0.396 e. The van der Waals surface area contributed by atoms with E-state index in [2.05, 4.69) is 0 Å². The lowest BCUT2D eigenvalue weighted by Crippen LogP contribution is -2.24. The Labute approximate surface area is 119 Å². The quantitative estimate of drug-likeness (QED) is 0.928. The third kappa shape index (κ3) is 3.22. The van der Waals surface area contributed by atoms with Gasteiger partial charge in [-0.2, -0.15) is 13.2 Å². The number of hydrogen-bond acceptors (Lipinski definition) is 3. The van der Waals surface area contributed by atoms with Crippen molar-refractivity contribution < 1.29 is 32.5 Å². The van der Waals surface area contributed by atoms with Gasteiger partial charge in [-0.15, -0.1) is 0 Å². The van der Waals surface area contributed by atoms with Crippen molar-refractivity contribution >= 4 is 5.97 Å². The van der Waals surface area contributed by atoms with Gasteiger partial charge in [0.2, 0.25) is 0 Å². The van der Waals surface area contributed by atoms with Gasteiger partial charge in [0.1, 0.15) is 17.6 Å². The van der Waals surface area contributed by atoms with Crippen LogP contribution in [0.15, 0.2) is 12.1 Å². The Morgan fingerprint density at radius 1 is 1.52 bits per heavy atom. The summed E-state index contributed by atoms with van der Waals surface area (Å²) in [7, 11) is 1.26. The van der Waals surface area contributed by atoms with Gasteiger partial charge in [0.05, 0.1) is 19.4 Å². The van der Waals surface area contributed by atoms with E-state index in [4.69, 9.17) is 14.6 Å². The van der Waals surface area contributed by atoms with Crippen LogP contribution in [0, 0.1) is 0 Å². The van der Waals surface area contributed by atoms with Crippen molar-refractivity contribution in [3.8, 4) is 11.5 Å². The van der Waals surface area contributed by atoms with E-state index in [1.165, 1.54) is 19.2 Å². The Kier molecular flexibility index (Phi) is 4.02. The van der Waals surface area contributed by atoms with Crippen LogP contribution in [0.2, 0.25) is 0 Å². The Hall–Kier alpha value is -1.92. The van der Waals surface area contributed by atoms with Crippen LogP contribution in [0.25, 0.3) is 0 Å². The topological polar surface area (TPSA) is 55.8 Å². The maximum atomic E-state index is 13.2. The SMILES string of the molecule is COc1cc2c(cc1C(CC(=O)O)C(F)(F)F)OC(C)C2. The van der Waals surface area contributed by atoms with E-state index in [1.54, 1.807) is 0 Å². The van der Waals surface area contributed by atoms with Gasteiger partial charge in [-0.25, -0.2) is 0 Å². The fourth-order valence-corrected chi connectivity index (χ4v) is 2.48. The first-order valence-electron chi connectivity index (χ1n) is 6.38. The van der Waals surface area contributed by atoms with Crippen LogP contribution in [-0.4, -0.2) is 30.5 Å². The van der Waals surface area contributed by atoms with Gasteiger partial charge < -0.3 is 14.6 Å². The van der Waals surface area contributed by atoms with Crippen molar-refractivity contribution in [2.75, 3.05) is 7.11 Å². The summed E-state index contributed by atoms with van der Waals surface area (Å²) in [6.07, 6.45) is -5.26. The van der Waals surface area contributed by atoms with Crippen molar-refractivity contribution in [2.24, 2.45) is 0 Å². The molecule has 7 heteroatoms. The first-order valence-corrected chi connectivity index (χ1v) is 6.38. The summed E-state index contributed by atoms with van der Waals surface area (Å²) in [5.74, 6) is -3.25. The second-order valence-electron chi connectivity index (χ2n) is 5.03. The molecule has 0 bridgehead atoms. The van der Waals surface area contributed by atoms with Gasteiger partial charge in [-0.1, -0.05) is 0 Å². The predicted molar refractivity (Wildman–Crippen MR) is 67.8 cm³/mol. The molecule has 1 aromatic rings. The number of carboxylic acid groups (broad SMARTS) is 1. The number of aliphatic carboxylic acids is 1. The summed E-state index contributed by atoms with van der Waals surface area (Å²) >= 11 is 0. The van der Waals surface area contributed by atoms with Gasteiger partial charge in [0.25, 0.3) is 0 Å². The molecule has 1 aliphatic rings. The maximum absolute atomic E-state index is 13.2. The zero-order valence-corrected chi connectivity index (χ0v) is 11.5. The molecule has 0 radical (unpaired) electrons. The van der Waals surface area contributed by atoms with Crippen LogP contribution in [0.4, 0.5) is 13.2 Å². The molecular weight excluding hydrogens is 289 g/mol. The second kappa shape index (κ2) is 5.46. The summed E-state index contributed by atoms with van der Waals surface area (Å²) in [4.78, 5) is 10.7. The van der Waals surface area contributed by atoms with E-state index in [0.29, 0.717) is 12.2 Å². The molecule has 0 aliphatic carbocycles. The average molecular weight is 304 g/mol. The number of carbonyl (C=O) groups is 1. The van der Waals surface area contributed by atoms with Crippen LogP contribution in [0.5, 0.6) is 11.5 Å². The van der Waals surface area contributed by atoms with Crippen LogP contribution < -0.4 is 9.47 Å². The Balaban J connectivity index is 2.49. The van der Waals surface area contributed by atoms with Crippen LogP contribution in [0.3, 0.4) is 0 Å². The molecule has 4 nitrogen and oxygen atoms in total. The van der Waals surface area contributed by atoms with E-state index >= 15 is 0 Å². The number of halogens is 3. The zero-order chi connectivity index (χ0) is 15.8. The molecule has 2 unspecified atom stereocenters. The Morgan fingerprint density at radius 3 is 2.71 bits per heavy atom. The minimum Gasteiger partial charge on any atom is -0.496 e. The van der Waals surface area contributed by atoms with E-state index in [9.17, 15) is 18.0 Å². The van der Waals surface area contributed by atoms with Crippen molar-refractivity contribution in [3.63, 3.8) is 0 Å². The van der Waals surface area contributed by atoms with Crippen LogP contribution in [-0.2, 0) is 11.2 Å². The number of fused-ring (bicyclic) bond motifs is 1. The summed E-state index contributed by atoms with van der Waals surface area (Å²) < 4.78 is 49.9. The zero-order valence-electron chi connectivity index (χ0n) is 11.5. The minimum absolute atomic E-state index is 0.0371. The number of benzene rings is 1. The van der Waals surface area contributed by atoms with Gasteiger partial charge in [-0.05, 0) is 19.1 Å². The molecule has 1 N–H and O–H groups in total. The number of alkyl halides is 3. The summed E-state index contributed by atoms with van der Waals surface area (Å²) in [5, 5.41) is 8.74. The van der Waals surface area contributed by atoms with Gasteiger partial charge in [0, 0.05) is 17.5 Å². The molecule has 0 aromatic heterocycles. The molecule has 1 heterocycles. The highest BCUT2D eigenvalue weighted by atomic mass is 19.4. The number of methoxy groups -OCH3 is 1. The maximum Gasteiger partial charge on any atom is 0.396 e. The van der Waals surface area contributed by atoms with Crippen LogP contribution >= 0.6 is 0 Å². The highest BCUT2D eigenvalue weighted by Gasteiger charge is 2.44. The lowest BCUT2D eigenvalue weighted by Gasteiger charge is -2.22. The number of ether oxygens (including phenoxy) is 2. The Morgan fingerprint density at radius 2 is 2.19 bits per heavy atom. The van der Waals surface area contributed by atoms with Gasteiger partial charge in [0.15, 0.2) is 0 Å². The normalized spacial score (nSPS) is 18.8. The largest absolute Gasteiger partial charge is 0.496 e. The number of hydrogen-bond donors (Lipinski definition) is 1. The van der Waals surface area contributed by atoms with E-state index in [0.717, 1.165) is 5.56 Å². The third-order valence-electron chi connectivity index (χ3n) is 3.40. The second-order valence-corrected chi connectivity index (χ2v) is 5.03. The number of carboxylic acids is 1. The fourth-order valence-electron chi connectivity index (χ4n) is 2.48. The lowest BCUT2D eigenvalue weighted by molar-refractivity contribution is -0.163. The molecule has 0 saturated carbocycles. The summed E-state index contributed by atoms with van der Waals surface area (Å²) in [6, 6.07) is 2.74. The molecule has 0 fully saturated rings. The average Bonchev–Trinajstić information content (AvgIpc) is 2.71. The molecule has 0 spiro atoms. The van der Waals surface area contributed by atoms with Gasteiger partial charge in [-0.3, -0.25) is 4.79 Å². The predicted octanol–water partition coefficient (Wildman–Crippen LogP) is 3.14. The molecule has 116 valence electrons.